The Kier molecular flexibility index (Phi) is 9.95. The van der Waals surface area contributed by atoms with Gasteiger partial charge >= 0.3 is 0 Å². The number of hydrogen-bond acceptors (Lipinski definition) is 5. The molecule has 1 aromatic carbocycles. The Hall–Kier alpha value is -1.59. The second-order valence-electron chi connectivity index (χ2n) is 6.51. The normalized spacial score (nSPS) is 16.0. The fraction of sp³-hybridized carbons (Fsp3) is 0.526. The molecule has 0 amide bonds. The van der Waals surface area contributed by atoms with E-state index in [1.165, 1.54) is 0 Å². The molecule has 0 radical (unpaired) electrons. The molecule has 160 valence electrons. The highest BCUT2D eigenvalue weighted by Gasteiger charge is 2.22. The summed E-state index contributed by atoms with van der Waals surface area (Å²) in [7, 11) is 1.65. The Morgan fingerprint density at radius 1 is 1.41 bits per heavy atom. The van der Waals surface area contributed by atoms with E-state index in [1.54, 1.807) is 13.2 Å². The number of aliphatic imine (C=N–C) groups is 1. The molecule has 3 rings (SSSR count). The minimum absolute atomic E-state index is 0. The number of benzene rings is 1. The van der Waals surface area contributed by atoms with Crippen molar-refractivity contribution in [1.29, 1.82) is 0 Å². The number of methoxy groups -OCH3 is 1. The fourth-order valence-electron chi connectivity index (χ4n) is 3.06. The molecular weight excluding hydrogens is 507 g/mol. The third kappa shape index (κ3) is 7.31. The molecule has 2 aromatic rings. The van der Waals surface area contributed by atoms with Crippen molar-refractivity contribution < 1.29 is 9.47 Å². The molecule has 0 fully saturated rings. The van der Waals surface area contributed by atoms with Crippen LogP contribution < -0.4 is 15.4 Å². The number of nitrogens with zero attached hydrogens (tertiary/aromatic N) is 4. The topological polar surface area (TPSA) is 85.6 Å². The van der Waals surface area contributed by atoms with Gasteiger partial charge in [-0.15, -0.1) is 24.0 Å². The molecule has 1 unspecified atom stereocenters. The summed E-state index contributed by atoms with van der Waals surface area (Å²) in [6.45, 7) is 5.06. The lowest BCUT2D eigenvalue weighted by Crippen LogP contribution is -2.47. The maximum absolute atomic E-state index is 5.97. The van der Waals surface area contributed by atoms with E-state index in [0.717, 1.165) is 49.3 Å². The van der Waals surface area contributed by atoms with Gasteiger partial charge in [0.1, 0.15) is 24.8 Å². The molecule has 1 aromatic heterocycles. The first-order valence-electron chi connectivity index (χ1n) is 9.52. The van der Waals surface area contributed by atoms with Gasteiger partial charge in [0.15, 0.2) is 11.8 Å². The van der Waals surface area contributed by atoms with Crippen LogP contribution in [0.2, 0.25) is 5.02 Å². The number of aryl methyl sites for hydroxylation is 1. The zero-order valence-corrected chi connectivity index (χ0v) is 19.8. The molecule has 0 aliphatic carbocycles. The van der Waals surface area contributed by atoms with Crippen LogP contribution in [0.15, 0.2) is 29.3 Å². The lowest BCUT2D eigenvalue weighted by molar-refractivity contribution is 0.177. The smallest absolute Gasteiger partial charge is 0.191 e. The highest BCUT2D eigenvalue weighted by atomic mass is 127. The van der Waals surface area contributed by atoms with Crippen molar-refractivity contribution in [3.63, 3.8) is 0 Å². The number of hydrogen-bond donors (Lipinski definition) is 2. The second kappa shape index (κ2) is 12.2. The lowest BCUT2D eigenvalue weighted by atomic mass is 10.1. The molecular formula is C19H28ClIN6O2. The van der Waals surface area contributed by atoms with Crippen LogP contribution in [0.25, 0.3) is 0 Å². The average Bonchev–Trinajstić information content (AvgIpc) is 3.07. The summed E-state index contributed by atoms with van der Waals surface area (Å²) in [5.74, 6) is 3.28. The molecule has 0 saturated carbocycles. The van der Waals surface area contributed by atoms with E-state index in [-0.39, 0.29) is 30.0 Å². The lowest BCUT2D eigenvalue weighted by Gasteiger charge is -2.25. The highest BCUT2D eigenvalue weighted by molar-refractivity contribution is 14.0. The van der Waals surface area contributed by atoms with Crippen LogP contribution in [-0.4, -0.2) is 53.6 Å². The van der Waals surface area contributed by atoms with Crippen LogP contribution in [-0.2, 0) is 24.3 Å². The number of halogens is 2. The second-order valence-corrected chi connectivity index (χ2v) is 6.94. The molecule has 0 bridgehead atoms. The molecule has 29 heavy (non-hydrogen) atoms. The molecule has 8 nitrogen and oxygen atoms in total. The van der Waals surface area contributed by atoms with Crippen molar-refractivity contribution in [3.05, 3.63) is 40.9 Å². The van der Waals surface area contributed by atoms with Gasteiger partial charge in [0.2, 0.25) is 0 Å². The highest BCUT2D eigenvalue weighted by Crippen LogP contribution is 2.17. The molecule has 1 atom stereocenters. The maximum Gasteiger partial charge on any atom is 0.191 e. The first kappa shape index (κ1) is 23.7. The predicted octanol–water partition coefficient (Wildman–Crippen LogP) is 2.64. The van der Waals surface area contributed by atoms with E-state index in [9.17, 15) is 0 Å². The van der Waals surface area contributed by atoms with Crippen LogP contribution >= 0.6 is 35.6 Å². The summed E-state index contributed by atoms with van der Waals surface area (Å²) in [5.41, 5.74) is 0. The third-order valence-electron chi connectivity index (χ3n) is 4.29. The van der Waals surface area contributed by atoms with Gasteiger partial charge in [0.05, 0.1) is 13.1 Å². The van der Waals surface area contributed by atoms with Gasteiger partial charge in [0.25, 0.3) is 0 Å². The third-order valence-corrected chi connectivity index (χ3v) is 4.52. The first-order chi connectivity index (χ1) is 13.7. The van der Waals surface area contributed by atoms with Crippen LogP contribution in [0.4, 0.5) is 0 Å². The van der Waals surface area contributed by atoms with Gasteiger partial charge in [-0.05, 0) is 31.5 Å². The quantitative estimate of drug-likeness (QED) is 0.234. The predicted molar refractivity (Wildman–Crippen MR) is 124 cm³/mol. The minimum atomic E-state index is 0. The molecule has 1 aliphatic rings. The van der Waals surface area contributed by atoms with E-state index < -0.39 is 0 Å². The van der Waals surface area contributed by atoms with Gasteiger partial charge < -0.3 is 20.1 Å². The van der Waals surface area contributed by atoms with Gasteiger partial charge in [-0.3, -0.25) is 0 Å². The van der Waals surface area contributed by atoms with Gasteiger partial charge in [-0.1, -0.05) is 17.7 Å². The van der Waals surface area contributed by atoms with Gasteiger partial charge in [0, 0.05) is 31.1 Å². The zero-order chi connectivity index (χ0) is 19.8. The molecule has 2 heterocycles. The van der Waals surface area contributed by atoms with Crippen molar-refractivity contribution >= 4 is 41.5 Å². The molecule has 0 saturated heterocycles. The summed E-state index contributed by atoms with van der Waals surface area (Å²) in [4.78, 5) is 9.12. The Morgan fingerprint density at radius 3 is 3.03 bits per heavy atom. The Balaban J connectivity index is 0.00000300. The first-order valence-corrected chi connectivity index (χ1v) is 9.90. The van der Waals surface area contributed by atoms with Gasteiger partial charge in [-0.2, -0.15) is 5.10 Å². The number of aromatic nitrogens is 3. The standard InChI is InChI=1S/C19H27ClN6O2.HI/c1-3-21-19(22-9-10-28-16-6-4-5-14(20)11-16)23-15-7-8-18-24-17(13-27-2)25-26(18)12-15;/h4-6,11,15H,3,7-10,12-13H2,1-2H3,(H2,21,22,23);1H. The number of ether oxygens (including phenoxy) is 2. The zero-order valence-electron chi connectivity index (χ0n) is 16.7. The summed E-state index contributed by atoms with van der Waals surface area (Å²) < 4.78 is 12.8. The Morgan fingerprint density at radius 2 is 2.28 bits per heavy atom. The summed E-state index contributed by atoms with van der Waals surface area (Å²) in [6.07, 6.45) is 1.86. The molecule has 2 N–H and O–H groups in total. The van der Waals surface area contributed by atoms with E-state index in [0.29, 0.717) is 24.8 Å². The molecule has 0 spiro atoms. The minimum Gasteiger partial charge on any atom is -0.492 e. The van der Waals surface area contributed by atoms with E-state index in [2.05, 4.69) is 25.7 Å². The fourth-order valence-corrected chi connectivity index (χ4v) is 3.24. The Bertz CT molecular complexity index is 801. The molecule has 10 heteroatoms. The van der Waals surface area contributed by atoms with Crippen LogP contribution in [0, 0.1) is 0 Å². The SMILES string of the molecule is CCNC(=NCCOc1cccc(Cl)c1)NC1CCc2nc(COC)nn2C1.I. The number of nitrogens with one attached hydrogen (secondary N) is 2. The van der Waals surface area contributed by atoms with Gasteiger partial charge in [-0.25, -0.2) is 14.7 Å². The van der Waals surface area contributed by atoms with E-state index in [1.807, 2.05) is 29.8 Å². The maximum atomic E-state index is 5.97. The van der Waals surface area contributed by atoms with E-state index >= 15 is 0 Å². The number of rotatable bonds is 8. The Labute approximate surface area is 193 Å². The molecule has 1 aliphatic heterocycles. The summed E-state index contributed by atoms with van der Waals surface area (Å²) >= 11 is 5.97. The van der Waals surface area contributed by atoms with E-state index in [4.69, 9.17) is 21.1 Å². The van der Waals surface area contributed by atoms with Crippen molar-refractivity contribution in [2.75, 3.05) is 26.8 Å². The van der Waals surface area contributed by atoms with Crippen molar-refractivity contribution in [1.82, 2.24) is 25.4 Å². The van der Waals surface area contributed by atoms with Crippen LogP contribution in [0.1, 0.15) is 25.0 Å². The number of guanidine groups is 1. The van der Waals surface area contributed by atoms with Crippen molar-refractivity contribution in [2.45, 2.75) is 39.0 Å². The summed E-state index contributed by atoms with van der Waals surface area (Å²) in [5, 5.41) is 11.9. The number of fused-ring (bicyclic) bond motifs is 1. The van der Waals surface area contributed by atoms with Crippen molar-refractivity contribution in [2.24, 2.45) is 4.99 Å². The van der Waals surface area contributed by atoms with Crippen molar-refractivity contribution in [3.8, 4) is 5.75 Å². The largest absolute Gasteiger partial charge is 0.492 e. The van der Waals surface area contributed by atoms with Crippen LogP contribution in [0.5, 0.6) is 5.75 Å². The van der Waals surface area contributed by atoms with Crippen LogP contribution in [0.3, 0.4) is 0 Å². The monoisotopic (exact) mass is 534 g/mol. The summed E-state index contributed by atoms with van der Waals surface area (Å²) in [6, 6.07) is 7.62. The average molecular weight is 535 g/mol.